The summed E-state index contributed by atoms with van der Waals surface area (Å²) < 4.78 is 32.6. The molecule has 0 unspecified atom stereocenters. The Kier molecular flexibility index (Phi) is 4.98. The van der Waals surface area contributed by atoms with E-state index in [1.54, 1.807) is 26.2 Å². The predicted octanol–water partition coefficient (Wildman–Crippen LogP) is 2.63. The zero-order valence-corrected chi connectivity index (χ0v) is 13.3. The van der Waals surface area contributed by atoms with Gasteiger partial charge in [0.15, 0.2) is 0 Å². The lowest BCUT2D eigenvalue weighted by molar-refractivity contribution is 0.410. The second kappa shape index (κ2) is 5.92. The highest BCUT2D eigenvalue weighted by molar-refractivity contribution is 7.89. The van der Waals surface area contributed by atoms with Crippen LogP contribution in [0.25, 0.3) is 0 Å². The van der Waals surface area contributed by atoms with Gasteiger partial charge in [-0.3, -0.25) is 0 Å². The summed E-state index contributed by atoms with van der Waals surface area (Å²) in [4.78, 5) is 0.318. The molecule has 0 bridgehead atoms. The summed E-state index contributed by atoms with van der Waals surface area (Å²) in [6, 6.07) is 3.31. The fraction of sp³-hybridized carbons (Fsp3) is 0.571. The summed E-state index contributed by atoms with van der Waals surface area (Å²) >= 11 is 0. The second-order valence-electron chi connectivity index (χ2n) is 5.24. The molecule has 1 atom stereocenters. The number of benzene rings is 1. The molecule has 5 heteroatoms. The molecule has 0 fully saturated rings. The summed E-state index contributed by atoms with van der Waals surface area (Å²) in [6.07, 6.45) is 0. The minimum Gasteiger partial charge on any atom is -0.496 e. The summed E-state index contributed by atoms with van der Waals surface area (Å²) in [5, 5.41) is 0. The highest BCUT2D eigenvalue weighted by Gasteiger charge is 2.22. The van der Waals surface area contributed by atoms with Crippen LogP contribution in [0.3, 0.4) is 0 Å². The Bertz CT molecular complexity index is 550. The van der Waals surface area contributed by atoms with E-state index in [9.17, 15) is 8.42 Å². The van der Waals surface area contributed by atoms with Gasteiger partial charge in [0.1, 0.15) is 5.75 Å². The number of hydrogen-bond donors (Lipinski definition) is 1. The molecule has 19 heavy (non-hydrogen) atoms. The van der Waals surface area contributed by atoms with Gasteiger partial charge >= 0.3 is 0 Å². The van der Waals surface area contributed by atoms with Crippen molar-refractivity contribution in [1.82, 2.24) is 4.72 Å². The number of rotatable bonds is 5. The van der Waals surface area contributed by atoms with Crippen LogP contribution >= 0.6 is 0 Å². The summed E-state index contributed by atoms with van der Waals surface area (Å²) in [6.45, 7) is 9.45. The normalized spacial score (nSPS) is 13.6. The lowest BCUT2D eigenvalue weighted by Gasteiger charge is -2.19. The van der Waals surface area contributed by atoms with Crippen molar-refractivity contribution in [3.05, 3.63) is 23.3 Å². The van der Waals surface area contributed by atoms with Crippen LogP contribution < -0.4 is 9.46 Å². The summed E-state index contributed by atoms with van der Waals surface area (Å²) in [5.41, 5.74) is 1.50. The lowest BCUT2D eigenvalue weighted by Crippen LogP contribution is -2.36. The van der Waals surface area contributed by atoms with Crippen molar-refractivity contribution >= 4 is 10.0 Å². The highest BCUT2D eigenvalue weighted by Crippen LogP contribution is 2.25. The van der Waals surface area contributed by atoms with Gasteiger partial charge < -0.3 is 4.74 Å². The van der Waals surface area contributed by atoms with Gasteiger partial charge in [-0.2, -0.15) is 0 Å². The number of nitrogens with one attached hydrogen (secondary N) is 1. The zero-order valence-electron chi connectivity index (χ0n) is 12.4. The van der Waals surface area contributed by atoms with E-state index in [2.05, 4.69) is 4.72 Å². The molecule has 1 aromatic rings. The maximum absolute atomic E-state index is 12.4. The van der Waals surface area contributed by atoms with Crippen molar-refractivity contribution < 1.29 is 13.2 Å². The molecule has 0 aliphatic carbocycles. The smallest absolute Gasteiger partial charge is 0.241 e. The Morgan fingerprint density at radius 1 is 1.11 bits per heavy atom. The van der Waals surface area contributed by atoms with E-state index >= 15 is 0 Å². The van der Waals surface area contributed by atoms with Gasteiger partial charge in [0.2, 0.25) is 10.0 Å². The monoisotopic (exact) mass is 285 g/mol. The maximum atomic E-state index is 12.4. The maximum Gasteiger partial charge on any atom is 0.241 e. The molecule has 0 saturated heterocycles. The Balaban J connectivity index is 3.19. The molecule has 108 valence electrons. The van der Waals surface area contributed by atoms with E-state index in [4.69, 9.17) is 4.74 Å². The van der Waals surface area contributed by atoms with Crippen molar-refractivity contribution in [1.29, 1.82) is 0 Å². The van der Waals surface area contributed by atoms with Gasteiger partial charge in [-0.25, -0.2) is 13.1 Å². The molecular weight excluding hydrogens is 262 g/mol. The third-order valence-corrected chi connectivity index (χ3v) is 5.02. The molecule has 1 aromatic carbocycles. The van der Waals surface area contributed by atoms with Crippen LogP contribution in [-0.4, -0.2) is 21.6 Å². The van der Waals surface area contributed by atoms with E-state index in [-0.39, 0.29) is 12.0 Å². The third kappa shape index (κ3) is 3.70. The second-order valence-corrected chi connectivity index (χ2v) is 6.92. The number of methoxy groups -OCH3 is 1. The standard InChI is InChI=1S/C14H23NO3S/c1-9(2)12(5)15-19(16,17)14-8-10(3)13(18-6)7-11(14)4/h7-9,12,15H,1-6H3/t12-/m0/s1. The average Bonchev–Trinajstić information content (AvgIpc) is 2.30. The van der Waals surface area contributed by atoms with Crippen molar-refractivity contribution in [3.8, 4) is 5.75 Å². The Morgan fingerprint density at radius 2 is 1.68 bits per heavy atom. The Hall–Kier alpha value is -1.07. The van der Waals surface area contributed by atoms with E-state index in [0.717, 1.165) is 5.56 Å². The Morgan fingerprint density at radius 3 is 2.16 bits per heavy atom. The van der Waals surface area contributed by atoms with Crippen LogP contribution in [-0.2, 0) is 10.0 Å². The van der Waals surface area contributed by atoms with Gasteiger partial charge in [-0.05, 0) is 49.9 Å². The van der Waals surface area contributed by atoms with Crippen LogP contribution in [0.2, 0.25) is 0 Å². The molecule has 0 radical (unpaired) electrons. The molecule has 0 spiro atoms. The average molecular weight is 285 g/mol. The minimum atomic E-state index is -3.49. The molecule has 1 rings (SSSR count). The number of ether oxygens (including phenoxy) is 1. The molecular formula is C14H23NO3S. The van der Waals surface area contributed by atoms with Gasteiger partial charge in [-0.15, -0.1) is 0 Å². The predicted molar refractivity (Wildman–Crippen MR) is 77.1 cm³/mol. The number of aryl methyl sites for hydroxylation is 2. The van der Waals surface area contributed by atoms with Crippen molar-refractivity contribution in [3.63, 3.8) is 0 Å². The quantitative estimate of drug-likeness (QED) is 0.905. The van der Waals surface area contributed by atoms with E-state index in [1.807, 2.05) is 27.7 Å². The largest absolute Gasteiger partial charge is 0.496 e. The van der Waals surface area contributed by atoms with Crippen LogP contribution in [0.4, 0.5) is 0 Å². The lowest BCUT2D eigenvalue weighted by atomic mass is 10.1. The van der Waals surface area contributed by atoms with E-state index in [0.29, 0.717) is 16.2 Å². The minimum absolute atomic E-state index is 0.105. The SMILES string of the molecule is COc1cc(C)c(S(=O)(=O)N[C@@H](C)C(C)C)cc1C. The van der Waals surface area contributed by atoms with Gasteiger partial charge in [0, 0.05) is 6.04 Å². The fourth-order valence-corrected chi connectivity index (χ4v) is 3.42. The first-order chi connectivity index (χ1) is 8.69. The summed E-state index contributed by atoms with van der Waals surface area (Å²) in [7, 11) is -1.91. The van der Waals surface area contributed by atoms with E-state index < -0.39 is 10.0 Å². The van der Waals surface area contributed by atoms with Crippen LogP contribution in [0.1, 0.15) is 31.9 Å². The fourth-order valence-electron chi connectivity index (χ4n) is 1.72. The van der Waals surface area contributed by atoms with E-state index in [1.165, 1.54) is 0 Å². The molecule has 0 aromatic heterocycles. The zero-order chi connectivity index (χ0) is 14.8. The molecule has 0 aliphatic rings. The topological polar surface area (TPSA) is 55.4 Å². The first-order valence-corrected chi connectivity index (χ1v) is 7.85. The number of hydrogen-bond acceptors (Lipinski definition) is 3. The van der Waals surface area contributed by atoms with Crippen molar-refractivity contribution in [2.75, 3.05) is 7.11 Å². The third-order valence-electron chi connectivity index (χ3n) is 3.32. The summed E-state index contributed by atoms with van der Waals surface area (Å²) in [5.74, 6) is 0.947. The van der Waals surface area contributed by atoms with Gasteiger partial charge in [0.05, 0.1) is 12.0 Å². The van der Waals surface area contributed by atoms with Crippen molar-refractivity contribution in [2.45, 2.75) is 45.6 Å². The van der Waals surface area contributed by atoms with Crippen LogP contribution in [0.15, 0.2) is 17.0 Å². The number of sulfonamides is 1. The molecule has 1 N–H and O–H groups in total. The van der Waals surface area contributed by atoms with Crippen LogP contribution in [0, 0.1) is 19.8 Å². The Labute approximate surface area is 116 Å². The molecule has 0 aliphatic heterocycles. The van der Waals surface area contributed by atoms with Gasteiger partial charge in [0.25, 0.3) is 0 Å². The molecule has 4 nitrogen and oxygen atoms in total. The van der Waals surface area contributed by atoms with Crippen molar-refractivity contribution in [2.24, 2.45) is 5.92 Å². The first kappa shape index (κ1) is 16.0. The highest BCUT2D eigenvalue weighted by atomic mass is 32.2. The first-order valence-electron chi connectivity index (χ1n) is 6.36. The molecule has 0 amide bonds. The molecule has 0 saturated carbocycles. The molecule has 0 heterocycles. The van der Waals surface area contributed by atoms with Crippen LogP contribution in [0.5, 0.6) is 5.75 Å². The van der Waals surface area contributed by atoms with Gasteiger partial charge in [-0.1, -0.05) is 13.8 Å².